The fourth-order valence-corrected chi connectivity index (χ4v) is 2.38. The van der Waals surface area contributed by atoms with E-state index in [9.17, 15) is 13.2 Å². The molecular weight excluding hydrogens is 285 g/mol. The van der Waals surface area contributed by atoms with E-state index in [1.807, 2.05) is 0 Å². The number of nitrogens with zero attached hydrogens (tertiary/aromatic N) is 1. The molecule has 1 aromatic carbocycles. The van der Waals surface area contributed by atoms with Crippen LogP contribution in [0.3, 0.4) is 0 Å². The minimum Gasteiger partial charge on any atom is -0.405 e. The molecule has 0 amide bonds. The highest BCUT2D eigenvalue weighted by molar-refractivity contribution is 5.33. The van der Waals surface area contributed by atoms with Gasteiger partial charge in [-0.3, -0.25) is 4.90 Å². The Bertz CT molecular complexity index is 452. The summed E-state index contributed by atoms with van der Waals surface area (Å²) in [5.74, 6) is -0.146. The molecule has 2 rings (SSSR count). The number of rotatable bonds is 5. The lowest BCUT2D eigenvalue weighted by molar-refractivity contribution is -0.275. The average molecular weight is 304 g/mol. The summed E-state index contributed by atoms with van der Waals surface area (Å²) >= 11 is 0. The summed E-state index contributed by atoms with van der Waals surface area (Å²) in [4.78, 5) is 2.06. The van der Waals surface area contributed by atoms with E-state index in [-0.39, 0.29) is 11.9 Å². The van der Waals surface area contributed by atoms with Crippen molar-refractivity contribution >= 4 is 0 Å². The molecule has 1 atom stereocenters. The van der Waals surface area contributed by atoms with Gasteiger partial charge in [0.25, 0.3) is 0 Å². The van der Waals surface area contributed by atoms with Gasteiger partial charge in [-0.1, -0.05) is 18.2 Å². The number of hydrogen-bond donors (Lipinski definition) is 1. The van der Waals surface area contributed by atoms with Gasteiger partial charge in [-0.25, -0.2) is 0 Å². The number of ether oxygens (including phenoxy) is 2. The van der Waals surface area contributed by atoms with Crippen LogP contribution < -0.4 is 10.5 Å². The molecule has 2 N–H and O–H groups in total. The van der Waals surface area contributed by atoms with Crippen LogP contribution in [0.4, 0.5) is 13.2 Å². The third-order valence-corrected chi connectivity index (χ3v) is 3.30. The SMILES string of the molecule is NCCC1CN(Cc2ccccc2OC(F)(F)F)CCO1. The quantitative estimate of drug-likeness (QED) is 0.905. The smallest absolute Gasteiger partial charge is 0.405 e. The van der Waals surface area contributed by atoms with Crippen LogP contribution in [0.25, 0.3) is 0 Å². The first-order valence-electron chi connectivity index (χ1n) is 6.85. The first kappa shape index (κ1) is 16.1. The zero-order chi connectivity index (χ0) is 15.3. The molecule has 0 aliphatic carbocycles. The molecule has 0 radical (unpaired) electrons. The molecule has 4 nitrogen and oxygen atoms in total. The summed E-state index contributed by atoms with van der Waals surface area (Å²) in [7, 11) is 0. The fraction of sp³-hybridized carbons (Fsp3) is 0.571. The number of halogens is 3. The van der Waals surface area contributed by atoms with Gasteiger partial charge < -0.3 is 15.2 Å². The Hall–Kier alpha value is -1.31. The van der Waals surface area contributed by atoms with Crippen molar-refractivity contribution in [3.8, 4) is 5.75 Å². The number of alkyl halides is 3. The Morgan fingerprint density at radius 2 is 2.10 bits per heavy atom. The molecule has 1 aromatic rings. The molecule has 0 bridgehead atoms. The number of morpholine rings is 1. The van der Waals surface area contributed by atoms with E-state index in [2.05, 4.69) is 9.64 Å². The van der Waals surface area contributed by atoms with Gasteiger partial charge in [-0.15, -0.1) is 13.2 Å². The van der Waals surface area contributed by atoms with Crippen molar-refractivity contribution in [2.75, 3.05) is 26.2 Å². The first-order valence-corrected chi connectivity index (χ1v) is 6.85. The lowest BCUT2D eigenvalue weighted by Crippen LogP contribution is -2.42. The predicted molar refractivity (Wildman–Crippen MR) is 71.8 cm³/mol. The summed E-state index contributed by atoms with van der Waals surface area (Å²) < 4.78 is 46.8. The van der Waals surface area contributed by atoms with Crippen LogP contribution in [0.2, 0.25) is 0 Å². The Morgan fingerprint density at radius 1 is 1.33 bits per heavy atom. The van der Waals surface area contributed by atoms with Gasteiger partial charge in [0, 0.05) is 25.2 Å². The molecule has 1 aliphatic rings. The molecule has 0 spiro atoms. The van der Waals surface area contributed by atoms with E-state index in [0.29, 0.717) is 38.3 Å². The Kier molecular flexibility index (Phi) is 5.44. The zero-order valence-electron chi connectivity index (χ0n) is 11.6. The molecular formula is C14H19F3N2O2. The summed E-state index contributed by atoms with van der Waals surface area (Å²) in [6.07, 6.45) is -3.89. The molecule has 1 fully saturated rings. The molecule has 1 heterocycles. The third kappa shape index (κ3) is 5.18. The standard InChI is InChI=1S/C14H19F3N2O2/c15-14(16,17)21-13-4-2-1-3-11(13)9-19-7-8-20-12(10-19)5-6-18/h1-4,12H,5-10,18H2. The summed E-state index contributed by atoms with van der Waals surface area (Å²) in [6.45, 7) is 2.84. The van der Waals surface area contributed by atoms with E-state index < -0.39 is 6.36 Å². The molecule has 0 aromatic heterocycles. The number of benzene rings is 1. The fourth-order valence-electron chi connectivity index (χ4n) is 2.38. The first-order chi connectivity index (χ1) is 9.98. The minimum atomic E-state index is -4.68. The molecule has 1 saturated heterocycles. The van der Waals surface area contributed by atoms with Gasteiger partial charge >= 0.3 is 6.36 Å². The van der Waals surface area contributed by atoms with Crippen molar-refractivity contribution in [2.24, 2.45) is 5.73 Å². The van der Waals surface area contributed by atoms with Crippen molar-refractivity contribution in [1.82, 2.24) is 4.90 Å². The van der Waals surface area contributed by atoms with Crippen LogP contribution in [0.1, 0.15) is 12.0 Å². The number of para-hydroxylation sites is 1. The number of hydrogen-bond acceptors (Lipinski definition) is 4. The summed E-state index contributed by atoms with van der Waals surface area (Å²) in [6, 6.07) is 6.21. The molecule has 118 valence electrons. The second-order valence-corrected chi connectivity index (χ2v) is 4.96. The molecule has 0 saturated carbocycles. The molecule has 1 unspecified atom stereocenters. The second-order valence-electron chi connectivity index (χ2n) is 4.96. The lowest BCUT2D eigenvalue weighted by atomic mass is 10.1. The van der Waals surface area contributed by atoms with E-state index in [4.69, 9.17) is 10.5 Å². The van der Waals surface area contributed by atoms with Crippen molar-refractivity contribution in [2.45, 2.75) is 25.4 Å². The van der Waals surface area contributed by atoms with E-state index in [1.54, 1.807) is 12.1 Å². The van der Waals surface area contributed by atoms with Crippen molar-refractivity contribution in [1.29, 1.82) is 0 Å². The Morgan fingerprint density at radius 3 is 2.81 bits per heavy atom. The van der Waals surface area contributed by atoms with Crippen LogP contribution in [0.15, 0.2) is 24.3 Å². The predicted octanol–water partition coefficient (Wildman–Crippen LogP) is 2.13. The summed E-state index contributed by atoms with van der Waals surface area (Å²) in [5.41, 5.74) is 6.02. The van der Waals surface area contributed by atoms with Crippen molar-refractivity contribution in [3.63, 3.8) is 0 Å². The van der Waals surface area contributed by atoms with E-state index >= 15 is 0 Å². The average Bonchev–Trinajstić information content (AvgIpc) is 2.40. The lowest BCUT2D eigenvalue weighted by Gasteiger charge is -2.33. The highest BCUT2D eigenvalue weighted by Crippen LogP contribution is 2.27. The number of nitrogens with two attached hydrogens (primary N) is 1. The van der Waals surface area contributed by atoms with E-state index in [0.717, 1.165) is 6.42 Å². The normalized spacial score (nSPS) is 20.5. The third-order valence-electron chi connectivity index (χ3n) is 3.30. The Balaban J connectivity index is 2.02. The second kappa shape index (κ2) is 7.11. The van der Waals surface area contributed by atoms with Gasteiger partial charge in [0.2, 0.25) is 0 Å². The van der Waals surface area contributed by atoms with Crippen LogP contribution in [0.5, 0.6) is 5.75 Å². The van der Waals surface area contributed by atoms with E-state index in [1.165, 1.54) is 12.1 Å². The molecule has 7 heteroatoms. The maximum absolute atomic E-state index is 12.4. The van der Waals surface area contributed by atoms with Crippen molar-refractivity contribution < 1.29 is 22.6 Å². The highest BCUT2D eigenvalue weighted by atomic mass is 19.4. The maximum Gasteiger partial charge on any atom is 0.573 e. The zero-order valence-corrected chi connectivity index (χ0v) is 11.6. The molecule has 21 heavy (non-hydrogen) atoms. The summed E-state index contributed by atoms with van der Waals surface area (Å²) in [5, 5.41) is 0. The van der Waals surface area contributed by atoms with Gasteiger partial charge in [-0.2, -0.15) is 0 Å². The van der Waals surface area contributed by atoms with Crippen LogP contribution in [-0.2, 0) is 11.3 Å². The largest absolute Gasteiger partial charge is 0.573 e. The monoisotopic (exact) mass is 304 g/mol. The molecule has 1 aliphatic heterocycles. The van der Waals surface area contributed by atoms with Gasteiger partial charge in [0.15, 0.2) is 0 Å². The van der Waals surface area contributed by atoms with Crippen molar-refractivity contribution in [3.05, 3.63) is 29.8 Å². The Labute approximate surface area is 121 Å². The highest BCUT2D eigenvalue weighted by Gasteiger charge is 2.32. The maximum atomic E-state index is 12.4. The van der Waals surface area contributed by atoms with Crippen LogP contribution in [0, 0.1) is 0 Å². The van der Waals surface area contributed by atoms with Crippen LogP contribution >= 0.6 is 0 Å². The minimum absolute atomic E-state index is 0.0412. The van der Waals surface area contributed by atoms with Gasteiger partial charge in [0.05, 0.1) is 12.7 Å². The van der Waals surface area contributed by atoms with Gasteiger partial charge in [-0.05, 0) is 19.0 Å². The topological polar surface area (TPSA) is 47.7 Å². The van der Waals surface area contributed by atoms with Crippen LogP contribution in [-0.4, -0.2) is 43.6 Å². The van der Waals surface area contributed by atoms with Gasteiger partial charge in [0.1, 0.15) is 5.75 Å².